The third-order valence-electron chi connectivity index (χ3n) is 9.29. The van der Waals surface area contributed by atoms with Crippen molar-refractivity contribution in [3.63, 3.8) is 0 Å². The molecule has 36 heavy (non-hydrogen) atoms. The quantitative estimate of drug-likeness (QED) is 0.243. The average Bonchev–Trinajstić information content (AvgIpc) is 3.54. The summed E-state index contributed by atoms with van der Waals surface area (Å²) in [6, 6.07) is 0. The molecule has 2 saturated carbocycles. The van der Waals surface area contributed by atoms with E-state index in [-0.39, 0.29) is 12.2 Å². The minimum Gasteiger partial charge on any atom is -0.459 e. The van der Waals surface area contributed by atoms with Gasteiger partial charge in [-0.1, -0.05) is 18.6 Å². The van der Waals surface area contributed by atoms with Crippen LogP contribution in [-0.2, 0) is 38.1 Å². The van der Waals surface area contributed by atoms with Gasteiger partial charge >= 0.3 is 17.9 Å². The molecule has 0 radical (unpaired) electrons. The number of hydrogen-bond donors (Lipinski definition) is 2. The van der Waals surface area contributed by atoms with Crippen molar-refractivity contribution in [2.24, 2.45) is 29.1 Å². The molecule has 2 aliphatic heterocycles. The molecule has 2 saturated heterocycles. The maximum Gasteiger partial charge on any atom is 0.312 e. The Hall–Kier alpha value is -2.30. The zero-order valence-corrected chi connectivity index (χ0v) is 21.3. The summed E-state index contributed by atoms with van der Waals surface area (Å²) >= 11 is 0. The number of carbonyl (C=O) groups excluding carboxylic acids is 4. The molecule has 2 heterocycles. The van der Waals surface area contributed by atoms with Gasteiger partial charge in [0, 0.05) is 31.1 Å². The summed E-state index contributed by atoms with van der Waals surface area (Å²) in [5, 5.41) is 24.4. The van der Waals surface area contributed by atoms with E-state index in [2.05, 4.69) is 0 Å². The highest BCUT2D eigenvalue weighted by molar-refractivity contribution is 5.93. The second kappa shape index (κ2) is 7.85. The van der Waals surface area contributed by atoms with Crippen LogP contribution in [-0.4, -0.2) is 75.6 Å². The van der Waals surface area contributed by atoms with E-state index in [4.69, 9.17) is 18.9 Å². The topological polar surface area (TPSA) is 149 Å². The summed E-state index contributed by atoms with van der Waals surface area (Å²) in [7, 11) is 0. The van der Waals surface area contributed by atoms with Gasteiger partial charge < -0.3 is 29.2 Å². The van der Waals surface area contributed by atoms with E-state index in [1.54, 1.807) is 19.9 Å². The maximum atomic E-state index is 14.2. The summed E-state index contributed by atoms with van der Waals surface area (Å²) in [6.07, 6.45) is -2.91. The molecule has 10 heteroatoms. The highest BCUT2D eigenvalue weighted by Crippen LogP contribution is 2.65. The lowest BCUT2D eigenvalue weighted by molar-refractivity contribution is -0.256. The fourth-order valence-corrected chi connectivity index (χ4v) is 7.46. The van der Waals surface area contributed by atoms with Gasteiger partial charge in [-0.25, -0.2) is 0 Å². The third-order valence-corrected chi connectivity index (χ3v) is 9.29. The molecule has 10 nitrogen and oxygen atoms in total. The molecule has 3 aliphatic carbocycles. The van der Waals surface area contributed by atoms with Crippen LogP contribution in [0.25, 0.3) is 0 Å². The number of rotatable bonds is 4. The highest BCUT2D eigenvalue weighted by Gasteiger charge is 2.81. The summed E-state index contributed by atoms with van der Waals surface area (Å²) in [4.78, 5) is 51.9. The second-order valence-electron chi connectivity index (χ2n) is 11.5. The molecule has 0 unspecified atom stereocenters. The Morgan fingerprint density at radius 2 is 1.78 bits per heavy atom. The van der Waals surface area contributed by atoms with Crippen LogP contribution >= 0.6 is 0 Å². The van der Waals surface area contributed by atoms with Crippen molar-refractivity contribution in [2.75, 3.05) is 0 Å². The van der Waals surface area contributed by atoms with Gasteiger partial charge in [0.15, 0.2) is 11.7 Å². The number of carbonyl (C=O) groups is 4. The Labute approximate surface area is 209 Å². The Balaban J connectivity index is 1.72. The zero-order valence-electron chi connectivity index (χ0n) is 21.3. The minimum atomic E-state index is -2.06. The molecule has 5 aliphatic rings. The second-order valence-corrected chi connectivity index (χ2v) is 11.5. The lowest BCUT2D eigenvalue weighted by Gasteiger charge is -2.59. The minimum absolute atomic E-state index is 0.122. The van der Waals surface area contributed by atoms with E-state index in [1.165, 1.54) is 13.8 Å². The predicted molar refractivity (Wildman–Crippen MR) is 121 cm³/mol. The fourth-order valence-electron chi connectivity index (χ4n) is 7.46. The van der Waals surface area contributed by atoms with Crippen LogP contribution in [0.1, 0.15) is 54.4 Å². The van der Waals surface area contributed by atoms with E-state index in [1.807, 2.05) is 6.92 Å². The predicted octanol–water partition coefficient (Wildman–Crippen LogP) is 0.852. The molecule has 5 rings (SSSR count). The molecule has 4 fully saturated rings. The van der Waals surface area contributed by atoms with Crippen LogP contribution in [0, 0.1) is 29.1 Å². The molecular formula is C26H34O10. The maximum absolute atomic E-state index is 14.2. The van der Waals surface area contributed by atoms with Crippen LogP contribution < -0.4 is 0 Å². The Morgan fingerprint density at radius 1 is 1.11 bits per heavy atom. The van der Waals surface area contributed by atoms with Crippen LogP contribution in [0.4, 0.5) is 0 Å². The van der Waals surface area contributed by atoms with Gasteiger partial charge in [0.1, 0.15) is 35.8 Å². The van der Waals surface area contributed by atoms with Crippen molar-refractivity contribution in [1.82, 2.24) is 0 Å². The third kappa shape index (κ3) is 3.07. The number of ether oxygens (including phenoxy) is 4. The molecule has 2 N–H and O–H groups in total. The van der Waals surface area contributed by atoms with E-state index in [0.29, 0.717) is 6.42 Å². The van der Waals surface area contributed by atoms with Crippen LogP contribution in [0.3, 0.4) is 0 Å². The lowest BCUT2D eigenvalue weighted by atomic mass is 9.47. The van der Waals surface area contributed by atoms with Crippen molar-refractivity contribution in [3.8, 4) is 0 Å². The van der Waals surface area contributed by atoms with Crippen molar-refractivity contribution in [1.29, 1.82) is 0 Å². The van der Waals surface area contributed by atoms with E-state index in [9.17, 15) is 29.4 Å². The van der Waals surface area contributed by atoms with Crippen molar-refractivity contribution >= 4 is 23.7 Å². The van der Waals surface area contributed by atoms with Crippen molar-refractivity contribution in [3.05, 3.63) is 11.6 Å². The van der Waals surface area contributed by atoms with E-state index >= 15 is 0 Å². The molecule has 0 aromatic rings. The Morgan fingerprint density at radius 3 is 2.36 bits per heavy atom. The number of hydrogen-bond acceptors (Lipinski definition) is 10. The monoisotopic (exact) mass is 506 g/mol. The lowest BCUT2D eigenvalue weighted by Crippen LogP contribution is -2.75. The van der Waals surface area contributed by atoms with Crippen molar-refractivity contribution < 1.29 is 48.3 Å². The zero-order chi connectivity index (χ0) is 26.5. The first kappa shape index (κ1) is 25.4. The van der Waals surface area contributed by atoms with Gasteiger partial charge in [-0.15, -0.1) is 0 Å². The summed E-state index contributed by atoms with van der Waals surface area (Å²) in [5.41, 5.74) is -4.66. The number of esters is 3. The number of allylic oxidation sites excluding steroid dienone is 1. The van der Waals surface area contributed by atoms with Gasteiger partial charge in [-0.2, -0.15) is 0 Å². The number of Topliss-reactive ketones (excluding diaryl/α,β-unsaturated/α-hetero) is 1. The fraction of sp³-hybridized carbons (Fsp3) is 0.769. The van der Waals surface area contributed by atoms with Crippen LogP contribution in [0.5, 0.6) is 0 Å². The van der Waals surface area contributed by atoms with Gasteiger partial charge in [-0.3, -0.25) is 19.2 Å². The molecule has 0 aromatic carbocycles. The number of ketones is 1. The van der Waals surface area contributed by atoms with E-state index < -0.39 is 88.7 Å². The smallest absolute Gasteiger partial charge is 0.312 e. The first-order chi connectivity index (χ1) is 16.7. The number of epoxide rings is 1. The summed E-state index contributed by atoms with van der Waals surface area (Å²) in [6.45, 7) is 9.30. The van der Waals surface area contributed by atoms with Crippen molar-refractivity contribution in [2.45, 2.75) is 96.1 Å². The largest absolute Gasteiger partial charge is 0.459 e. The molecule has 0 bridgehead atoms. The van der Waals surface area contributed by atoms with Gasteiger partial charge in [0.2, 0.25) is 0 Å². The van der Waals surface area contributed by atoms with Crippen LogP contribution in [0.2, 0.25) is 0 Å². The molecule has 198 valence electrons. The number of aliphatic hydroxyl groups is 2. The molecule has 0 aromatic heterocycles. The van der Waals surface area contributed by atoms with Gasteiger partial charge in [0.05, 0.1) is 11.3 Å². The standard InChI is InChI=1S/C26H34O10/c1-7-8-14(28)34-21-16-20(35-16)24(5)17(25(21,6)31)22(33-12(4)27)26(32)11(3)23(30)36-19(26)15-10(2)9-13(15)18(24)29/h9,11,13,15-17,19-22,31-32H,7-8H2,1-6H3/t11-,13-,15+,16+,17+,19-,20-,21-,22-,24-,25-,26-/m0/s1. The molecule has 0 amide bonds. The SMILES string of the molecule is CCCC(=O)O[C@H]1[C@@H]2O[C@@H]2[C@]2(C)C(=O)[C@H]3C=C(C)[C@H]3[C@@H]3OC(=O)[C@H](C)[C@@]3(O)[C@@H](OC(C)=O)[C@H]2[C@]1(C)O. The number of fused-ring (bicyclic) bond motifs is 6. The first-order valence-electron chi connectivity index (χ1n) is 12.6. The highest BCUT2D eigenvalue weighted by atomic mass is 16.6. The normalized spacial score (nSPS) is 50.6. The molecular weight excluding hydrogens is 472 g/mol. The molecule has 12 atom stereocenters. The van der Waals surface area contributed by atoms with Gasteiger partial charge in [0.25, 0.3) is 0 Å². The van der Waals surface area contributed by atoms with Gasteiger partial charge in [-0.05, 0) is 34.1 Å². The Bertz CT molecular complexity index is 1060. The Kier molecular flexibility index (Phi) is 5.53. The van der Waals surface area contributed by atoms with Crippen LogP contribution in [0.15, 0.2) is 11.6 Å². The first-order valence-corrected chi connectivity index (χ1v) is 12.6. The van der Waals surface area contributed by atoms with E-state index in [0.717, 1.165) is 12.5 Å². The molecule has 0 spiro atoms. The summed E-state index contributed by atoms with van der Waals surface area (Å²) < 4.78 is 23.0. The average molecular weight is 507 g/mol. The summed E-state index contributed by atoms with van der Waals surface area (Å²) in [5.74, 6) is -5.93.